The summed E-state index contributed by atoms with van der Waals surface area (Å²) in [6.45, 7) is 4.77. The summed E-state index contributed by atoms with van der Waals surface area (Å²) in [5.41, 5.74) is 0. The van der Waals surface area contributed by atoms with Crippen molar-refractivity contribution in [1.29, 1.82) is 0 Å². The number of hydrogen-bond donors (Lipinski definition) is 0. The van der Waals surface area contributed by atoms with E-state index in [4.69, 9.17) is 14.2 Å². The standard InChI is InChI=1S/C26H46O3/c1-19-7-3-9-21(15-19)27-23-11-5-13-25(17-23)29-26-14-6-12-24(18-26)28-22-10-4-8-20(2)16-22/h19-26H,3-18H2,1-2H3. The molecule has 4 aliphatic rings. The molecule has 3 nitrogen and oxygen atoms in total. The zero-order valence-corrected chi connectivity index (χ0v) is 19.2. The lowest BCUT2D eigenvalue weighted by Crippen LogP contribution is -2.38. The van der Waals surface area contributed by atoms with E-state index in [0.717, 1.165) is 24.7 Å². The summed E-state index contributed by atoms with van der Waals surface area (Å²) in [6, 6.07) is 0. The molecular formula is C26H46O3. The summed E-state index contributed by atoms with van der Waals surface area (Å²) in [5.74, 6) is 1.69. The van der Waals surface area contributed by atoms with Gasteiger partial charge in [-0.1, -0.05) is 39.5 Å². The van der Waals surface area contributed by atoms with Crippen LogP contribution in [0.2, 0.25) is 0 Å². The average Bonchev–Trinajstić information content (AvgIpc) is 2.69. The van der Waals surface area contributed by atoms with Crippen LogP contribution in [0.15, 0.2) is 0 Å². The first kappa shape index (κ1) is 22.1. The molecule has 0 aliphatic heterocycles. The third-order valence-corrected chi connectivity index (χ3v) is 8.09. The van der Waals surface area contributed by atoms with Gasteiger partial charge in [0.1, 0.15) is 0 Å². The minimum absolute atomic E-state index is 0.410. The van der Waals surface area contributed by atoms with Crippen molar-refractivity contribution in [1.82, 2.24) is 0 Å². The van der Waals surface area contributed by atoms with Crippen LogP contribution in [0.5, 0.6) is 0 Å². The predicted octanol–water partition coefficient (Wildman–Crippen LogP) is 6.82. The maximum absolute atomic E-state index is 6.65. The molecule has 0 aromatic rings. The van der Waals surface area contributed by atoms with Crippen molar-refractivity contribution in [2.75, 3.05) is 0 Å². The van der Waals surface area contributed by atoms with Crippen molar-refractivity contribution in [3.8, 4) is 0 Å². The molecule has 3 heteroatoms. The van der Waals surface area contributed by atoms with Gasteiger partial charge < -0.3 is 14.2 Å². The molecule has 8 unspecified atom stereocenters. The third-order valence-electron chi connectivity index (χ3n) is 8.09. The van der Waals surface area contributed by atoms with Crippen molar-refractivity contribution in [2.45, 2.75) is 153 Å². The molecule has 0 radical (unpaired) electrons. The Kier molecular flexibility index (Phi) is 8.34. The molecule has 0 spiro atoms. The van der Waals surface area contributed by atoms with Crippen molar-refractivity contribution in [2.24, 2.45) is 11.8 Å². The van der Waals surface area contributed by atoms with Crippen LogP contribution in [0.3, 0.4) is 0 Å². The summed E-state index contributed by atoms with van der Waals surface area (Å²) in [5, 5.41) is 0. The first-order valence-electron chi connectivity index (χ1n) is 13.1. The zero-order chi connectivity index (χ0) is 20.1. The number of hydrogen-bond acceptors (Lipinski definition) is 3. The topological polar surface area (TPSA) is 27.7 Å². The minimum atomic E-state index is 0.410. The molecular weight excluding hydrogens is 360 g/mol. The fourth-order valence-corrected chi connectivity index (χ4v) is 6.52. The van der Waals surface area contributed by atoms with Gasteiger partial charge in [0.25, 0.3) is 0 Å². The molecule has 4 aliphatic carbocycles. The summed E-state index contributed by atoms with van der Waals surface area (Å²) in [6.07, 6.45) is 23.0. The van der Waals surface area contributed by atoms with Crippen LogP contribution in [0.25, 0.3) is 0 Å². The zero-order valence-electron chi connectivity index (χ0n) is 19.2. The van der Waals surface area contributed by atoms with Gasteiger partial charge >= 0.3 is 0 Å². The lowest BCUT2D eigenvalue weighted by atomic mass is 9.87. The minimum Gasteiger partial charge on any atom is -0.375 e. The van der Waals surface area contributed by atoms with Gasteiger partial charge in [0.05, 0.1) is 36.6 Å². The number of rotatable bonds is 6. The Morgan fingerprint density at radius 2 is 0.655 bits per heavy atom. The van der Waals surface area contributed by atoms with E-state index < -0.39 is 0 Å². The van der Waals surface area contributed by atoms with E-state index in [9.17, 15) is 0 Å². The highest BCUT2D eigenvalue weighted by molar-refractivity contribution is 4.82. The van der Waals surface area contributed by atoms with Crippen LogP contribution in [-0.2, 0) is 14.2 Å². The fourth-order valence-electron chi connectivity index (χ4n) is 6.52. The maximum atomic E-state index is 6.65. The highest BCUT2D eigenvalue weighted by atomic mass is 16.5. The molecule has 168 valence electrons. The molecule has 0 amide bonds. The fraction of sp³-hybridized carbons (Fsp3) is 1.00. The van der Waals surface area contributed by atoms with Gasteiger partial charge in [-0.25, -0.2) is 0 Å². The van der Waals surface area contributed by atoms with E-state index in [0.29, 0.717) is 36.6 Å². The molecule has 0 aromatic heterocycles. The van der Waals surface area contributed by atoms with E-state index in [1.807, 2.05) is 0 Å². The Labute approximate surface area is 179 Å². The van der Waals surface area contributed by atoms with E-state index >= 15 is 0 Å². The van der Waals surface area contributed by atoms with E-state index in [-0.39, 0.29) is 0 Å². The second-order valence-corrected chi connectivity index (χ2v) is 11.0. The van der Waals surface area contributed by atoms with Crippen molar-refractivity contribution < 1.29 is 14.2 Å². The first-order chi connectivity index (χ1) is 14.1. The van der Waals surface area contributed by atoms with Gasteiger partial charge in [-0.05, 0) is 88.9 Å². The molecule has 4 saturated carbocycles. The second kappa shape index (κ2) is 11.0. The Bertz CT molecular complexity index is 439. The highest BCUT2D eigenvalue weighted by Crippen LogP contribution is 2.34. The summed E-state index contributed by atoms with van der Waals surface area (Å²) in [4.78, 5) is 0. The summed E-state index contributed by atoms with van der Waals surface area (Å²) >= 11 is 0. The second-order valence-electron chi connectivity index (χ2n) is 11.0. The quantitative estimate of drug-likeness (QED) is 0.484. The average molecular weight is 407 g/mol. The predicted molar refractivity (Wildman–Crippen MR) is 118 cm³/mol. The Balaban J connectivity index is 1.20. The maximum Gasteiger partial charge on any atom is 0.0603 e. The SMILES string of the molecule is CC1CCCC(OC2CCCC(OC3CCCC(OC4CCCC(C)C4)C3)C2)C1. The van der Waals surface area contributed by atoms with Crippen molar-refractivity contribution >= 4 is 0 Å². The van der Waals surface area contributed by atoms with Crippen LogP contribution in [0, 0.1) is 11.8 Å². The molecule has 0 aromatic carbocycles. The lowest BCUT2D eigenvalue weighted by molar-refractivity contribution is -0.128. The van der Waals surface area contributed by atoms with Gasteiger partial charge in [0, 0.05) is 0 Å². The van der Waals surface area contributed by atoms with Gasteiger partial charge in [-0.15, -0.1) is 0 Å². The Morgan fingerprint density at radius 3 is 0.966 bits per heavy atom. The normalized spacial score (nSPS) is 44.5. The molecule has 8 atom stereocenters. The molecule has 4 rings (SSSR count). The smallest absolute Gasteiger partial charge is 0.0603 e. The Morgan fingerprint density at radius 1 is 0.379 bits per heavy atom. The van der Waals surface area contributed by atoms with E-state index in [2.05, 4.69) is 13.8 Å². The largest absolute Gasteiger partial charge is 0.375 e. The van der Waals surface area contributed by atoms with Gasteiger partial charge in [0.15, 0.2) is 0 Å². The molecule has 29 heavy (non-hydrogen) atoms. The lowest BCUT2D eigenvalue weighted by Gasteiger charge is -2.38. The monoisotopic (exact) mass is 406 g/mol. The van der Waals surface area contributed by atoms with Gasteiger partial charge in [-0.2, -0.15) is 0 Å². The third kappa shape index (κ3) is 6.94. The molecule has 0 N–H and O–H groups in total. The molecule has 0 saturated heterocycles. The molecule has 4 fully saturated rings. The molecule has 0 heterocycles. The highest BCUT2D eigenvalue weighted by Gasteiger charge is 2.32. The van der Waals surface area contributed by atoms with Crippen molar-refractivity contribution in [3.05, 3.63) is 0 Å². The van der Waals surface area contributed by atoms with E-state index in [1.165, 1.54) is 89.9 Å². The van der Waals surface area contributed by atoms with Crippen LogP contribution in [-0.4, -0.2) is 36.6 Å². The summed E-state index contributed by atoms with van der Waals surface area (Å²) < 4.78 is 19.8. The first-order valence-corrected chi connectivity index (χ1v) is 13.1. The van der Waals surface area contributed by atoms with Crippen LogP contribution in [0.4, 0.5) is 0 Å². The van der Waals surface area contributed by atoms with Crippen molar-refractivity contribution in [3.63, 3.8) is 0 Å². The number of ether oxygens (including phenoxy) is 3. The van der Waals surface area contributed by atoms with Crippen LogP contribution >= 0.6 is 0 Å². The summed E-state index contributed by atoms with van der Waals surface area (Å²) in [7, 11) is 0. The van der Waals surface area contributed by atoms with Gasteiger partial charge in [0.2, 0.25) is 0 Å². The Hall–Kier alpha value is -0.120. The van der Waals surface area contributed by atoms with E-state index in [1.54, 1.807) is 0 Å². The van der Waals surface area contributed by atoms with Crippen LogP contribution < -0.4 is 0 Å². The van der Waals surface area contributed by atoms with Gasteiger partial charge in [-0.3, -0.25) is 0 Å². The van der Waals surface area contributed by atoms with Crippen LogP contribution in [0.1, 0.15) is 117 Å². The molecule has 0 bridgehead atoms.